The van der Waals surface area contributed by atoms with E-state index in [2.05, 4.69) is 0 Å². The number of hydrogen-bond acceptors (Lipinski definition) is 5. The molecule has 4 rings (SSSR count). The molecule has 246 valence electrons. The maximum atomic E-state index is 13.0. The van der Waals surface area contributed by atoms with Gasteiger partial charge in [0.25, 0.3) is 5.69 Å². The van der Waals surface area contributed by atoms with Crippen LogP contribution < -0.4 is 17.2 Å². The van der Waals surface area contributed by atoms with Crippen molar-refractivity contribution >= 4 is 22.7 Å². The number of nitrogens with zero attached hydrogens (tertiary/aromatic N) is 1. The minimum atomic E-state index is -5.06. The average Bonchev–Trinajstić information content (AvgIpc) is 2.92. The van der Waals surface area contributed by atoms with Gasteiger partial charge in [-0.1, -0.05) is 36.4 Å². The number of benzene rings is 4. The smallest absolute Gasteiger partial charge is 0.397 e. The van der Waals surface area contributed by atoms with Crippen molar-refractivity contribution in [3.63, 3.8) is 0 Å². The van der Waals surface area contributed by atoms with Crippen molar-refractivity contribution in [2.75, 3.05) is 17.2 Å². The molecule has 4 aromatic carbocycles. The van der Waals surface area contributed by atoms with E-state index in [0.29, 0.717) is 24.3 Å². The molecule has 0 saturated carbocycles. The summed E-state index contributed by atoms with van der Waals surface area (Å²) in [6.07, 6.45) is -19.4. The molecule has 0 fully saturated rings. The molecule has 0 heterocycles. The Morgan fingerprint density at radius 2 is 0.848 bits per heavy atom. The first-order valence-electron chi connectivity index (χ1n) is 12.2. The lowest BCUT2D eigenvalue weighted by Crippen LogP contribution is -2.12. The van der Waals surface area contributed by atoms with Crippen LogP contribution in [0.5, 0.6) is 0 Å². The van der Waals surface area contributed by atoms with E-state index in [1.54, 1.807) is 0 Å². The van der Waals surface area contributed by atoms with E-state index in [9.17, 15) is 62.8 Å². The van der Waals surface area contributed by atoms with Crippen LogP contribution in [0.15, 0.2) is 72.8 Å². The number of alkyl halides is 12. The maximum Gasteiger partial charge on any atom is 0.418 e. The topological polar surface area (TPSA) is 121 Å². The Bertz CT molecular complexity index is 1760. The van der Waals surface area contributed by atoms with Crippen LogP contribution in [0.4, 0.5) is 75.4 Å². The fourth-order valence-corrected chi connectivity index (χ4v) is 4.21. The predicted molar refractivity (Wildman–Crippen MR) is 144 cm³/mol. The molecule has 18 heteroatoms. The fraction of sp³-hybridized carbons (Fsp3) is 0.143. The van der Waals surface area contributed by atoms with E-state index in [0.717, 1.165) is 36.4 Å². The monoisotopic (exact) mass is 670 g/mol. The molecule has 0 spiro atoms. The zero-order chi connectivity index (χ0) is 35.0. The number of halogens is 12. The quantitative estimate of drug-likeness (QED) is 0.0868. The summed E-state index contributed by atoms with van der Waals surface area (Å²) < 4.78 is 156. The molecule has 0 unspecified atom stereocenters. The van der Waals surface area contributed by atoms with Crippen LogP contribution >= 0.6 is 0 Å². The normalized spacial score (nSPS) is 12.3. The Kier molecular flexibility index (Phi) is 9.46. The largest absolute Gasteiger partial charge is 0.418 e. The second-order valence-corrected chi connectivity index (χ2v) is 9.32. The molecule has 0 radical (unpaired) electrons. The lowest BCUT2D eigenvalue weighted by molar-refractivity contribution is -0.384. The molecule has 0 aliphatic carbocycles. The number of anilines is 3. The van der Waals surface area contributed by atoms with Crippen molar-refractivity contribution in [1.29, 1.82) is 0 Å². The van der Waals surface area contributed by atoms with Gasteiger partial charge in [0.15, 0.2) is 0 Å². The zero-order valence-corrected chi connectivity index (χ0v) is 22.5. The molecular formula is C28H18F12N4O2. The Hall–Kier alpha value is -5.16. The second-order valence-electron chi connectivity index (χ2n) is 9.32. The lowest BCUT2D eigenvalue weighted by atomic mass is 9.96. The van der Waals surface area contributed by atoms with Crippen LogP contribution in [-0.2, 0) is 24.7 Å². The van der Waals surface area contributed by atoms with Crippen molar-refractivity contribution < 1.29 is 57.6 Å². The number of nitro groups is 1. The van der Waals surface area contributed by atoms with Gasteiger partial charge < -0.3 is 17.2 Å². The highest BCUT2D eigenvalue weighted by Crippen LogP contribution is 2.45. The highest BCUT2D eigenvalue weighted by Gasteiger charge is 2.39. The van der Waals surface area contributed by atoms with E-state index in [-0.39, 0.29) is 5.56 Å². The molecule has 0 bridgehead atoms. The van der Waals surface area contributed by atoms with Gasteiger partial charge in [-0.3, -0.25) is 10.1 Å². The minimum Gasteiger partial charge on any atom is -0.397 e. The Labute approximate surface area is 250 Å². The number of hydrogen-bond donors (Lipinski definition) is 3. The van der Waals surface area contributed by atoms with Gasteiger partial charge >= 0.3 is 24.7 Å². The summed E-state index contributed by atoms with van der Waals surface area (Å²) in [6, 6.07) is 10.7. The third-order valence-corrected chi connectivity index (χ3v) is 6.26. The van der Waals surface area contributed by atoms with Crippen molar-refractivity contribution in [2.45, 2.75) is 24.7 Å². The minimum absolute atomic E-state index is 0.299. The van der Waals surface area contributed by atoms with Gasteiger partial charge in [0, 0.05) is 6.07 Å². The van der Waals surface area contributed by atoms with Crippen molar-refractivity contribution in [3.05, 3.63) is 105 Å². The molecule has 0 aliphatic heterocycles. The second kappa shape index (κ2) is 12.3. The molecule has 6 nitrogen and oxygen atoms in total. The van der Waals surface area contributed by atoms with Crippen LogP contribution in [0.1, 0.15) is 22.3 Å². The van der Waals surface area contributed by atoms with Gasteiger partial charge in [0.05, 0.1) is 38.6 Å². The predicted octanol–water partition coefficient (Wildman–Crippen LogP) is 9.44. The van der Waals surface area contributed by atoms with Gasteiger partial charge in [-0.25, -0.2) is 0 Å². The number of nitrogens with two attached hydrogens (primary N) is 3. The molecule has 0 amide bonds. The number of nitrogen functional groups attached to an aromatic ring is 3. The van der Waals surface area contributed by atoms with Crippen LogP contribution in [-0.4, -0.2) is 4.92 Å². The Balaban J connectivity index is 0.000000251. The van der Waals surface area contributed by atoms with Gasteiger partial charge in [-0.2, -0.15) is 52.7 Å². The molecule has 0 saturated heterocycles. The van der Waals surface area contributed by atoms with Gasteiger partial charge in [-0.05, 0) is 52.6 Å². The summed E-state index contributed by atoms with van der Waals surface area (Å²) in [6.45, 7) is 0. The van der Waals surface area contributed by atoms with Crippen LogP contribution in [0.2, 0.25) is 0 Å². The first kappa shape index (κ1) is 35.3. The third-order valence-electron chi connectivity index (χ3n) is 6.26. The van der Waals surface area contributed by atoms with Crippen molar-refractivity contribution in [3.8, 4) is 22.3 Å². The molecule has 0 atom stereocenters. The molecule has 6 N–H and O–H groups in total. The summed E-state index contributed by atoms with van der Waals surface area (Å²) in [5.74, 6) is 0. The van der Waals surface area contributed by atoms with Crippen molar-refractivity contribution in [2.24, 2.45) is 0 Å². The molecular weight excluding hydrogens is 652 g/mol. The SMILES string of the molecule is Nc1c([N+](=O)[O-])cc(-c2ccccc2C(F)(F)F)cc1C(F)(F)F.Nc1cc(-c2ccccc2C(F)(F)F)cc(C(F)(F)F)c1N. The highest BCUT2D eigenvalue weighted by atomic mass is 19.4. The van der Waals surface area contributed by atoms with Crippen LogP contribution in [0, 0.1) is 10.1 Å². The Morgan fingerprint density at radius 1 is 0.500 bits per heavy atom. The summed E-state index contributed by atoms with van der Waals surface area (Å²) in [7, 11) is 0. The summed E-state index contributed by atoms with van der Waals surface area (Å²) in [5.41, 5.74) is 5.44. The third kappa shape index (κ3) is 7.73. The van der Waals surface area contributed by atoms with Crippen LogP contribution in [0.3, 0.4) is 0 Å². The lowest BCUT2D eigenvalue weighted by Gasteiger charge is -2.17. The maximum absolute atomic E-state index is 13.0. The number of nitro benzene ring substituents is 1. The Morgan fingerprint density at radius 3 is 1.22 bits per heavy atom. The molecule has 0 aromatic heterocycles. The zero-order valence-electron chi connectivity index (χ0n) is 22.5. The first-order chi connectivity index (χ1) is 20.9. The molecule has 4 aromatic rings. The summed E-state index contributed by atoms with van der Waals surface area (Å²) in [4.78, 5) is 9.73. The van der Waals surface area contributed by atoms with Crippen LogP contribution in [0.25, 0.3) is 22.3 Å². The number of rotatable bonds is 3. The summed E-state index contributed by atoms with van der Waals surface area (Å²) in [5, 5.41) is 10.9. The van der Waals surface area contributed by atoms with E-state index in [4.69, 9.17) is 17.2 Å². The van der Waals surface area contributed by atoms with E-state index < -0.39 is 91.3 Å². The average molecular weight is 670 g/mol. The van der Waals surface area contributed by atoms with E-state index in [1.807, 2.05) is 0 Å². The first-order valence-corrected chi connectivity index (χ1v) is 12.2. The summed E-state index contributed by atoms with van der Waals surface area (Å²) >= 11 is 0. The van der Waals surface area contributed by atoms with Gasteiger partial charge in [0.2, 0.25) is 0 Å². The van der Waals surface area contributed by atoms with Gasteiger partial charge in [-0.15, -0.1) is 0 Å². The van der Waals surface area contributed by atoms with E-state index in [1.165, 1.54) is 12.1 Å². The van der Waals surface area contributed by atoms with E-state index >= 15 is 0 Å². The molecule has 0 aliphatic rings. The fourth-order valence-electron chi connectivity index (χ4n) is 4.21. The highest BCUT2D eigenvalue weighted by molar-refractivity contribution is 5.80. The van der Waals surface area contributed by atoms with Gasteiger partial charge in [0.1, 0.15) is 5.69 Å². The van der Waals surface area contributed by atoms with Crippen molar-refractivity contribution in [1.82, 2.24) is 0 Å². The standard InChI is InChI=1S/C14H8F6N2O2.C14H10F6N2/c15-13(16,17)9-4-2-1-3-8(9)7-5-10(14(18,19)20)12(21)11(6-7)22(23)24;15-13(16,17)9-4-2-1-3-8(9)7-5-10(14(18,19)20)12(22)11(21)6-7/h1-6H,21H2;1-6H,21-22H2. The molecule has 46 heavy (non-hydrogen) atoms.